The van der Waals surface area contributed by atoms with Crippen LogP contribution in [-0.4, -0.2) is 103 Å². The number of fused-ring (bicyclic) bond motifs is 6. The van der Waals surface area contributed by atoms with E-state index in [1.807, 2.05) is 11.8 Å². The van der Waals surface area contributed by atoms with E-state index in [2.05, 4.69) is 5.32 Å². The monoisotopic (exact) mass is 877 g/mol. The third-order valence-corrected chi connectivity index (χ3v) is 15.3. The molecule has 0 bridgehead atoms. The number of allylic oxidation sites excluding steroid dienone is 4. The summed E-state index contributed by atoms with van der Waals surface area (Å²) in [6.07, 6.45) is 5.99. The highest BCUT2D eigenvalue weighted by molar-refractivity contribution is 6.01. The summed E-state index contributed by atoms with van der Waals surface area (Å²) in [5, 5.41) is 15.2. The van der Waals surface area contributed by atoms with E-state index in [1.165, 1.54) is 31.5 Å². The Labute approximate surface area is 364 Å². The van der Waals surface area contributed by atoms with Gasteiger partial charge in [0.1, 0.15) is 11.3 Å². The summed E-state index contributed by atoms with van der Waals surface area (Å²) in [6.45, 7) is 8.97. The number of esters is 3. The third kappa shape index (κ3) is 7.01. The number of ketones is 2. The van der Waals surface area contributed by atoms with E-state index in [4.69, 9.17) is 18.9 Å². The van der Waals surface area contributed by atoms with E-state index < -0.39 is 87.5 Å². The van der Waals surface area contributed by atoms with Crippen LogP contribution in [0.5, 0.6) is 5.75 Å². The Hall–Kier alpha value is -4.96. The number of pyridine rings is 1. The molecule has 2 heterocycles. The standard InChI is InChI=1S/C47H57F2N3O11/c1-25-18-34-33-12-9-28-19-30(54)13-14-44(28,4)46(33,49)36(55)21-45(34,5)47(25,37(56)24-62-27(3)53)63-38(57)8-7-17-61-43(59)32-23-52(29-10-11-29)39-31(41(32)58)20-35(48)40(42(39)60-6)51-16-15-50-26(2)22-51/h13-14,19-20,23,25-26,29,33-34,36,50,55H,7-12,15-18,21-22,24H2,1-6H3/t25-,26?,33+,34+,36+,44+,45+,46+,47+/m0/s1. The molecule has 5 fully saturated rings. The number of carbonyl (C=O) groups excluding carboxylic acids is 5. The number of anilines is 1. The highest BCUT2D eigenvalue weighted by atomic mass is 19.1. The molecule has 1 unspecified atom stereocenters. The Balaban J connectivity index is 1.01. The number of Topliss-reactive ketones (excluding diaryl/α,β-unsaturated/α-hetero) is 1. The van der Waals surface area contributed by atoms with E-state index in [1.54, 1.807) is 25.3 Å². The van der Waals surface area contributed by atoms with Crippen LogP contribution in [0.4, 0.5) is 14.5 Å². The molecule has 1 aromatic carbocycles. The van der Waals surface area contributed by atoms with Crippen molar-refractivity contribution < 1.29 is 56.8 Å². The number of nitrogens with zero attached hydrogens (tertiary/aromatic N) is 2. The first kappa shape index (κ1) is 44.6. The molecule has 14 nitrogen and oxygen atoms in total. The van der Waals surface area contributed by atoms with Gasteiger partial charge in [-0.1, -0.05) is 25.5 Å². The fourth-order valence-corrected chi connectivity index (χ4v) is 12.2. The minimum Gasteiger partial charge on any atom is -0.492 e. The van der Waals surface area contributed by atoms with Crippen LogP contribution in [0.25, 0.3) is 10.9 Å². The Morgan fingerprint density at radius 3 is 2.49 bits per heavy atom. The van der Waals surface area contributed by atoms with Crippen molar-refractivity contribution >= 4 is 46.1 Å². The largest absolute Gasteiger partial charge is 0.492 e. The molecule has 8 rings (SSSR count). The van der Waals surface area contributed by atoms with Crippen molar-refractivity contribution in [1.29, 1.82) is 0 Å². The predicted octanol–water partition coefficient (Wildman–Crippen LogP) is 5.25. The van der Waals surface area contributed by atoms with E-state index in [9.17, 15) is 33.9 Å². The quantitative estimate of drug-likeness (QED) is 0.161. The van der Waals surface area contributed by atoms with Crippen molar-refractivity contribution in [3.8, 4) is 5.75 Å². The zero-order valence-electron chi connectivity index (χ0n) is 36.7. The Bertz CT molecular complexity index is 2390. The number of methoxy groups -OCH3 is 1. The number of piperazine rings is 1. The normalized spacial score (nSPS) is 33.5. The third-order valence-electron chi connectivity index (χ3n) is 15.3. The maximum absolute atomic E-state index is 17.9. The van der Waals surface area contributed by atoms with E-state index in [-0.39, 0.29) is 72.5 Å². The second-order valence-electron chi connectivity index (χ2n) is 19.0. The minimum atomic E-state index is -2.19. The van der Waals surface area contributed by atoms with Crippen LogP contribution < -0.4 is 20.4 Å². The molecular weight excluding hydrogens is 821 g/mol. The van der Waals surface area contributed by atoms with Gasteiger partial charge in [-0.2, -0.15) is 0 Å². The summed E-state index contributed by atoms with van der Waals surface area (Å²) in [5.74, 6) is -5.88. The molecular formula is C47H57F2N3O11. The summed E-state index contributed by atoms with van der Waals surface area (Å²) in [7, 11) is 1.43. The first-order chi connectivity index (χ1) is 29.8. The molecule has 9 atom stereocenters. The van der Waals surface area contributed by atoms with Gasteiger partial charge in [-0.3, -0.25) is 24.0 Å². The van der Waals surface area contributed by atoms with Gasteiger partial charge in [0.05, 0.1) is 30.7 Å². The smallest absolute Gasteiger partial charge is 0.343 e. The number of carbonyl (C=O) groups is 5. The molecule has 0 amide bonds. The van der Waals surface area contributed by atoms with Gasteiger partial charge in [0, 0.05) is 73.9 Å². The van der Waals surface area contributed by atoms with Crippen LogP contribution in [0.2, 0.25) is 0 Å². The Morgan fingerprint density at radius 2 is 1.81 bits per heavy atom. The lowest BCUT2D eigenvalue weighted by Gasteiger charge is -2.62. The van der Waals surface area contributed by atoms with Gasteiger partial charge in [-0.25, -0.2) is 13.6 Å². The van der Waals surface area contributed by atoms with E-state index in [0.717, 1.165) is 25.8 Å². The van der Waals surface area contributed by atoms with Gasteiger partial charge in [0.25, 0.3) is 0 Å². The van der Waals surface area contributed by atoms with Crippen LogP contribution in [0.3, 0.4) is 0 Å². The molecule has 0 spiro atoms. The van der Waals surface area contributed by atoms with Crippen molar-refractivity contribution in [2.24, 2.45) is 28.6 Å². The summed E-state index contributed by atoms with van der Waals surface area (Å²) in [5.41, 5.74) is -6.46. The average Bonchev–Trinajstić information content (AvgIpc) is 4.05. The second kappa shape index (κ2) is 16.2. The number of aromatic nitrogens is 1. The van der Waals surface area contributed by atoms with Gasteiger partial charge in [0.2, 0.25) is 11.2 Å². The van der Waals surface area contributed by atoms with E-state index >= 15 is 8.78 Å². The van der Waals surface area contributed by atoms with Gasteiger partial charge >= 0.3 is 17.9 Å². The summed E-state index contributed by atoms with van der Waals surface area (Å²) in [4.78, 5) is 81.8. The van der Waals surface area contributed by atoms with Crippen molar-refractivity contribution in [3.05, 3.63) is 57.7 Å². The van der Waals surface area contributed by atoms with Crippen LogP contribution in [0.1, 0.15) is 102 Å². The number of nitrogens with one attached hydrogen (secondary N) is 1. The van der Waals surface area contributed by atoms with Gasteiger partial charge in [0.15, 0.2) is 35.2 Å². The fraction of sp³-hybridized carbons (Fsp3) is 0.617. The number of rotatable bonds is 12. The van der Waals surface area contributed by atoms with Crippen molar-refractivity contribution in [2.45, 2.75) is 115 Å². The zero-order valence-corrected chi connectivity index (χ0v) is 36.7. The highest BCUT2D eigenvalue weighted by Crippen LogP contribution is 2.71. The molecule has 0 radical (unpaired) electrons. The lowest BCUT2D eigenvalue weighted by Crippen LogP contribution is -2.70. The lowest BCUT2D eigenvalue weighted by molar-refractivity contribution is -0.228. The van der Waals surface area contributed by atoms with Crippen molar-refractivity contribution in [3.63, 3.8) is 0 Å². The average molecular weight is 878 g/mol. The minimum absolute atomic E-state index is 0.0233. The van der Waals surface area contributed by atoms with Crippen molar-refractivity contribution in [2.75, 3.05) is 44.9 Å². The molecule has 2 N–H and O–H groups in total. The summed E-state index contributed by atoms with van der Waals surface area (Å²) < 4.78 is 58.3. The van der Waals surface area contributed by atoms with Crippen LogP contribution >= 0.6 is 0 Å². The Kier molecular flexibility index (Phi) is 11.5. The van der Waals surface area contributed by atoms with Crippen LogP contribution in [0.15, 0.2) is 40.9 Å². The number of benzene rings is 1. The predicted molar refractivity (Wildman–Crippen MR) is 226 cm³/mol. The second-order valence-corrected chi connectivity index (χ2v) is 19.0. The zero-order chi connectivity index (χ0) is 45.4. The number of hydrogen-bond acceptors (Lipinski definition) is 13. The number of hydrogen-bond donors (Lipinski definition) is 2. The van der Waals surface area contributed by atoms with Gasteiger partial charge in [-0.15, -0.1) is 0 Å². The molecule has 1 aliphatic heterocycles. The van der Waals surface area contributed by atoms with Crippen LogP contribution in [-0.2, 0) is 33.4 Å². The molecule has 4 saturated carbocycles. The first-order valence-electron chi connectivity index (χ1n) is 22.1. The first-order valence-corrected chi connectivity index (χ1v) is 22.1. The maximum atomic E-state index is 17.9. The Morgan fingerprint density at radius 1 is 1.06 bits per heavy atom. The highest BCUT2D eigenvalue weighted by Gasteiger charge is 2.77. The fourth-order valence-electron chi connectivity index (χ4n) is 12.2. The molecule has 16 heteroatoms. The molecule has 2 aromatic rings. The SMILES string of the molecule is COc1c(N2CCNC(C)C2)c(F)cc2c(=O)c(C(=O)OCCCC(=O)O[C@@]3(C(=O)COC(C)=O)[C@@H](C)C[C@@H]4[C@H]5CCC6=CC(=O)C=C[C@@]6(C)[C@]5(F)[C@H](O)C[C@]43C)cn(C3CC3)c12. The topological polar surface area (TPSA) is 180 Å². The molecule has 63 heavy (non-hydrogen) atoms. The lowest BCUT2D eigenvalue weighted by atomic mass is 9.44. The van der Waals surface area contributed by atoms with E-state index in [0.29, 0.717) is 43.6 Å². The molecule has 1 aromatic heterocycles. The molecule has 6 aliphatic rings. The number of alkyl halides is 1. The molecule has 1 saturated heterocycles. The number of halogens is 2. The summed E-state index contributed by atoms with van der Waals surface area (Å²) in [6, 6.07) is 1.20. The number of ether oxygens (including phenoxy) is 4. The van der Waals surface area contributed by atoms with Gasteiger partial charge in [-0.05, 0) is 82.9 Å². The number of aliphatic hydroxyl groups excluding tert-OH is 1. The summed E-state index contributed by atoms with van der Waals surface area (Å²) >= 11 is 0. The van der Waals surface area contributed by atoms with Crippen LogP contribution in [0, 0.1) is 34.4 Å². The maximum Gasteiger partial charge on any atom is 0.343 e. The van der Waals surface area contributed by atoms with Gasteiger partial charge < -0.3 is 38.8 Å². The van der Waals surface area contributed by atoms with Crippen molar-refractivity contribution in [1.82, 2.24) is 9.88 Å². The number of aliphatic hydroxyl groups is 1. The molecule has 5 aliphatic carbocycles. The molecule has 340 valence electrons.